The standard InChI is InChI=1S/C9H15ClO2/c1-2-7-4-3-5-8(6-7)12-9(10)11/h7-8H,2-6H2,1H3. The lowest BCUT2D eigenvalue weighted by Crippen LogP contribution is -2.23. The minimum Gasteiger partial charge on any atom is -0.450 e. The Labute approximate surface area is 78.2 Å². The zero-order valence-corrected chi connectivity index (χ0v) is 8.14. The molecule has 70 valence electrons. The van der Waals surface area contributed by atoms with Crippen molar-refractivity contribution < 1.29 is 9.53 Å². The summed E-state index contributed by atoms with van der Waals surface area (Å²) in [5.74, 6) is 0.722. The maximum absolute atomic E-state index is 10.5. The first kappa shape index (κ1) is 9.85. The first-order valence-electron chi connectivity index (χ1n) is 4.58. The summed E-state index contributed by atoms with van der Waals surface area (Å²) in [4.78, 5) is 10.5. The molecule has 0 spiro atoms. The highest BCUT2D eigenvalue weighted by Crippen LogP contribution is 2.28. The quantitative estimate of drug-likeness (QED) is 0.625. The van der Waals surface area contributed by atoms with Gasteiger partial charge in [0.25, 0.3) is 0 Å². The summed E-state index contributed by atoms with van der Waals surface area (Å²) >= 11 is 5.14. The van der Waals surface area contributed by atoms with Crippen molar-refractivity contribution >= 4 is 17.0 Å². The summed E-state index contributed by atoms with van der Waals surface area (Å²) in [5.41, 5.74) is -0.656. The molecule has 12 heavy (non-hydrogen) atoms. The van der Waals surface area contributed by atoms with Gasteiger partial charge in [0, 0.05) is 11.6 Å². The Kier molecular flexibility index (Phi) is 3.86. The van der Waals surface area contributed by atoms with Crippen LogP contribution in [0.5, 0.6) is 0 Å². The molecule has 0 bridgehead atoms. The first-order valence-corrected chi connectivity index (χ1v) is 4.96. The largest absolute Gasteiger partial charge is 0.450 e. The lowest BCUT2D eigenvalue weighted by atomic mass is 9.86. The Morgan fingerprint density at radius 2 is 2.33 bits per heavy atom. The van der Waals surface area contributed by atoms with Crippen LogP contribution in [-0.2, 0) is 4.74 Å². The van der Waals surface area contributed by atoms with Gasteiger partial charge in [-0.1, -0.05) is 19.8 Å². The molecule has 0 aliphatic heterocycles. The van der Waals surface area contributed by atoms with Crippen LogP contribution in [-0.4, -0.2) is 11.5 Å². The predicted octanol–water partition coefficient (Wildman–Crippen LogP) is 3.33. The van der Waals surface area contributed by atoms with E-state index in [1.165, 1.54) is 12.8 Å². The van der Waals surface area contributed by atoms with Crippen LogP contribution in [0.1, 0.15) is 39.0 Å². The van der Waals surface area contributed by atoms with Crippen LogP contribution < -0.4 is 0 Å². The highest BCUT2D eigenvalue weighted by molar-refractivity contribution is 6.61. The highest BCUT2D eigenvalue weighted by atomic mass is 35.5. The Bertz CT molecular complexity index is 159. The van der Waals surface area contributed by atoms with Crippen molar-refractivity contribution in [3.63, 3.8) is 0 Å². The Morgan fingerprint density at radius 3 is 2.92 bits per heavy atom. The fraction of sp³-hybridized carbons (Fsp3) is 0.889. The van der Waals surface area contributed by atoms with Crippen molar-refractivity contribution in [2.75, 3.05) is 0 Å². The van der Waals surface area contributed by atoms with E-state index >= 15 is 0 Å². The second-order valence-electron chi connectivity index (χ2n) is 3.42. The van der Waals surface area contributed by atoms with Gasteiger partial charge in [0.15, 0.2) is 0 Å². The van der Waals surface area contributed by atoms with Crippen molar-refractivity contribution in [1.29, 1.82) is 0 Å². The van der Waals surface area contributed by atoms with Gasteiger partial charge in [0.1, 0.15) is 6.10 Å². The number of carbonyl (C=O) groups excluding carboxylic acids is 1. The van der Waals surface area contributed by atoms with Crippen molar-refractivity contribution in [2.45, 2.75) is 45.1 Å². The number of rotatable bonds is 2. The van der Waals surface area contributed by atoms with Gasteiger partial charge in [-0.2, -0.15) is 0 Å². The van der Waals surface area contributed by atoms with Gasteiger partial charge in [-0.3, -0.25) is 0 Å². The lowest BCUT2D eigenvalue weighted by molar-refractivity contribution is 0.0761. The van der Waals surface area contributed by atoms with E-state index in [9.17, 15) is 4.79 Å². The second kappa shape index (κ2) is 4.70. The third kappa shape index (κ3) is 3.02. The fourth-order valence-electron chi connectivity index (χ4n) is 1.85. The van der Waals surface area contributed by atoms with E-state index in [1.807, 2.05) is 0 Å². The maximum Gasteiger partial charge on any atom is 0.404 e. The molecule has 1 rings (SSSR count). The first-order chi connectivity index (χ1) is 5.72. The lowest BCUT2D eigenvalue weighted by Gasteiger charge is -2.27. The molecule has 0 heterocycles. The molecule has 2 unspecified atom stereocenters. The van der Waals surface area contributed by atoms with Crippen molar-refractivity contribution in [2.24, 2.45) is 5.92 Å². The fourth-order valence-corrected chi connectivity index (χ4v) is 1.98. The summed E-state index contributed by atoms with van der Waals surface area (Å²) in [5, 5.41) is 0. The van der Waals surface area contributed by atoms with Crippen LogP contribution in [0, 0.1) is 5.92 Å². The summed E-state index contributed by atoms with van der Waals surface area (Å²) in [6, 6.07) is 0. The molecule has 0 saturated heterocycles. The molecule has 0 N–H and O–H groups in total. The van der Waals surface area contributed by atoms with E-state index in [-0.39, 0.29) is 6.10 Å². The van der Waals surface area contributed by atoms with E-state index in [0.29, 0.717) is 0 Å². The van der Waals surface area contributed by atoms with Gasteiger partial charge in [0.05, 0.1) is 0 Å². The van der Waals surface area contributed by atoms with Gasteiger partial charge >= 0.3 is 5.43 Å². The molecule has 1 aliphatic rings. The Hall–Kier alpha value is -0.240. The van der Waals surface area contributed by atoms with E-state index in [4.69, 9.17) is 16.3 Å². The third-order valence-electron chi connectivity index (χ3n) is 2.57. The molecular weight excluding hydrogens is 176 g/mol. The topological polar surface area (TPSA) is 26.3 Å². The molecule has 3 heteroatoms. The molecule has 0 aromatic heterocycles. The maximum atomic E-state index is 10.5. The van der Waals surface area contributed by atoms with E-state index in [1.54, 1.807) is 0 Å². The van der Waals surface area contributed by atoms with Crippen LogP contribution in [0.2, 0.25) is 0 Å². The minimum absolute atomic E-state index is 0.0775. The summed E-state index contributed by atoms with van der Waals surface area (Å²) < 4.78 is 4.95. The Balaban J connectivity index is 2.30. The molecule has 1 aliphatic carbocycles. The van der Waals surface area contributed by atoms with Crippen molar-refractivity contribution in [3.8, 4) is 0 Å². The Morgan fingerprint density at radius 1 is 1.58 bits per heavy atom. The third-order valence-corrected chi connectivity index (χ3v) is 2.66. The van der Waals surface area contributed by atoms with Crippen molar-refractivity contribution in [1.82, 2.24) is 0 Å². The monoisotopic (exact) mass is 190 g/mol. The normalized spacial score (nSPS) is 29.8. The minimum atomic E-state index is -0.656. The molecule has 0 aromatic rings. The van der Waals surface area contributed by atoms with Crippen LogP contribution in [0.25, 0.3) is 0 Å². The van der Waals surface area contributed by atoms with Gasteiger partial charge in [-0.05, 0) is 25.2 Å². The molecule has 0 amide bonds. The molecule has 2 nitrogen and oxygen atoms in total. The summed E-state index contributed by atoms with van der Waals surface area (Å²) in [6.45, 7) is 2.18. The van der Waals surface area contributed by atoms with Crippen LogP contribution in [0.15, 0.2) is 0 Å². The van der Waals surface area contributed by atoms with Gasteiger partial charge < -0.3 is 4.74 Å². The molecule has 1 saturated carbocycles. The highest BCUT2D eigenvalue weighted by Gasteiger charge is 2.22. The molecule has 0 aromatic carbocycles. The second-order valence-corrected chi connectivity index (χ2v) is 3.73. The summed E-state index contributed by atoms with van der Waals surface area (Å²) in [6.07, 6.45) is 5.66. The smallest absolute Gasteiger partial charge is 0.404 e. The van der Waals surface area contributed by atoms with Gasteiger partial charge in [-0.25, -0.2) is 4.79 Å². The van der Waals surface area contributed by atoms with Crippen molar-refractivity contribution in [3.05, 3.63) is 0 Å². The molecule has 2 atom stereocenters. The van der Waals surface area contributed by atoms with E-state index in [2.05, 4.69) is 6.92 Å². The average molecular weight is 191 g/mol. The molecular formula is C9H15ClO2. The number of hydrogen-bond donors (Lipinski definition) is 0. The number of carbonyl (C=O) groups is 1. The number of hydrogen-bond acceptors (Lipinski definition) is 2. The van der Waals surface area contributed by atoms with Crippen LogP contribution in [0.4, 0.5) is 4.79 Å². The van der Waals surface area contributed by atoms with Gasteiger partial charge in [-0.15, -0.1) is 0 Å². The zero-order chi connectivity index (χ0) is 8.97. The zero-order valence-electron chi connectivity index (χ0n) is 7.38. The van der Waals surface area contributed by atoms with E-state index < -0.39 is 5.43 Å². The number of halogens is 1. The van der Waals surface area contributed by atoms with Crippen LogP contribution in [0.3, 0.4) is 0 Å². The summed E-state index contributed by atoms with van der Waals surface area (Å²) in [7, 11) is 0. The predicted molar refractivity (Wildman–Crippen MR) is 48.4 cm³/mol. The van der Waals surface area contributed by atoms with Gasteiger partial charge in [0.2, 0.25) is 0 Å². The molecule has 1 fully saturated rings. The molecule has 0 radical (unpaired) electrons. The van der Waals surface area contributed by atoms with E-state index in [0.717, 1.165) is 25.2 Å². The number of ether oxygens (including phenoxy) is 1. The van der Waals surface area contributed by atoms with Crippen LogP contribution >= 0.6 is 11.6 Å². The average Bonchev–Trinajstić information content (AvgIpc) is 2.03. The SMILES string of the molecule is CCC1CCCC(OC(=O)Cl)C1.